The monoisotopic (exact) mass is 249 g/mol. The van der Waals surface area contributed by atoms with Gasteiger partial charge in [0.05, 0.1) is 12.3 Å². The Bertz CT molecular complexity index is 439. The lowest BCUT2D eigenvalue weighted by Crippen LogP contribution is -2.12. The molecule has 0 N–H and O–H groups in total. The van der Waals surface area contributed by atoms with Gasteiger partial charge >= 0.3 is 0 Å². The molecular weight excluding hydrogens is 230 g/mol. The predicted octanol–water partition coefficient (Wildman–Crippen LogP) is 2.02. The topological polar surface area (TPSA) is 68.0 Å². The quantitative estimate of drug-likeness (QED) is 0.721. The number of aryl methyl sites for hydroxylation is 1. The first-order valence-corrected chi connectivity index (χ1v) is 6.00. The molecule has 0 radical (unpaired) electrons. The van der Waals surface area contributed by atoms with E-state index in [1.165, 1.54) is 0 Å². The summed E-state index contributed by atoms with van der Waals surface area (Å²) >= 11 is 0. The highest BCUT2D eigenvalue weighted by molar-refractivity contribution is 5.44. The molecule has 5 nitrogen and oxygen atoms in total. The van der Waals surface area contributed by atoms with Crippen molar-refractivity contribution in [1.82, 2.24) is 10.2 Å². The fourth-order valence-electron chi connectivity index (χ4n) is 1.34. The predicted molar refractivity (Wildman–Crippen MR) is 67.4 cm³/mol. The molecular formula is C13H19N3O2. The molecule has 1 aromatic heterocycles. The Labute approximate surface area is 108 Å². The van der Waals surface area contributed by atoms with Gasteiger partial charge in [0.15, 0.2) is 0 Å². The van der Waals surface area contributed by atoms with Crippen molar-refractivity contribution in [2.45, 2.75) is 27.7 Å². The van der Waals surface area contributed by atoms with Gasteiger partial charge in [-0.3, -0.25) is 0 Å². The molecule has 1 aromatic rings. The maximum absolute atomic E-state index is 9.07. The molecule has 0 aromatic carbocycles. The Morgan fingerprint density at radius 2 is 1.94 bits per heavy atom. The van der Waals surface area contributed by atoms with Gasteiger partial charge in [-0.05, 0) is 25.3 Å². The molecule has 0 atom stereocenters. The number of aromatic nitrogens is 2. The van der Waals surface area contributed by atoms with Gasteiger partial charge in [0.2, 0.25) is 0 Å². The average molecular weight is 249 g/mol. The van der Waals surface area contributed by atoms with Crippen molar-refractivity contribution >= 4 is 0 Å². The first-order valence-electron chi connectivity index (χ1n) is 6.00. The zero-order valence-electron chi connectivity index (χ0n) is 11.4. The van der Waals surface area contributed by atoms with Gasteiger partial charge in [0, 0.05) is 6.61 Å². The van der Waals surface area contributed by atoms with Crippen LogP contribution in [0.5, 0.6) is 5.88 Å². The van der Waals surface area contributed by atoms with Crippen molar-refractivity contribution in [3.05, 3.63) is 16.8 Å². The molecule has 0 fully saturated rings. The Morgan fingerprint density at radius 1 is 1.22 bits per heavy atom. The molecule has 0 bridgehead atoms. The summed E-state index contributed by atoms with van der Waals surface area (Å²) in [7, 11) is 0. The molecule has 98 valence electrons. The first-order chi connectivity index (χ1) is 8.56. The summed E-state index contributed by atoms with van der Waals surface area (Å²) in [6.07, 6.45) is 0. The maximum Gasteiger partial charge on any atom is 0.251 e. The fraction of sp³-hybridized carbons (Fsp3) is 0.615. The van der Waals surface area contributed by atoms with Crippen molar-refractivity contribution in [2.24, 2.45) is 5.92 Å². The highest BCUT2D eigenvalue weighted by Crippen LogP contribution is 2.18. The Hall–Kier alpha value is -1.67. The van der Waals surface area contributed by atoms with E-state index in [2.05, 4.69) is 30.1 Å². The normalized spacial score (nSPS) is 10.4. The summed E-state index contributed by atoms with van der Waals surface area (Å²) in [5.74, 6) is 0.787. The SMILES string of the molecule is Cc1nnc(OCCOCC(C)C)c(C#N)c1C. The highest BCUT2D eigenvalue weighted by Gasteiger charge is 2.11. The van der Waals surface area contributed by atoms with Crippen LogP contribution in [0.4, 0.5) is 0 Å². The van der Waals surface area contributed by atoms with Gasteiger partial charge in [-0.25, -0.2) is 0 Å². The van der Waals surface area contributed by atoms with E-state index in [0.717, 1.165) is 11.3 Å². The lowest BCUT2D eigenvalue weighted by molar-refractivity contribution is 0.0802. The second-order valence-electron chi connectivity index (χ2n) is 4.52. The van der Waals surface area contributed by atoms with E-state index in [0.29, 0.717) is 31.3 Å². The zero-order valence-corrected chi connectivity index (χ0v) is 11.4. The second-order valence-corrected chi connectivity index (χ2v) is 4.52. The summed E-state index contributed by atoms with van der Waals surface area (Å²) in [5.41, 5.74) is 2.01. The number of nitriles is 1. The average Bonchev–Trinajstić information content (AvgIpc) is 2.33. The highest BCUT2D eigenvalue weighted by atomic mass is 16.5. The van der Waals surface area contributed by atoms with Crippen LogP contribution in [0.1, 0.15) is 30.7 Å². The number of rotatable bonds is 6. The molecule has 1 heterocycles. The van der Waals surface area contributed by atoms with Crippen molar-refractivity contribution in [3.8, 4) is 11.9 Å². The van der Waals surface area contributed by atoms with Gasteiger partial charge in [-0.15, -0.1) is 5.10 Å². The molecule has 0 aliphatic rings. The second kappa shape index (κ2) is 6.92. The van der Waals surface area contributed by atoms with Crippen LogP contribution >= 0.6 is 0 Å². The maximum atomic E-state index is 9.07. The van der Waals surface area contributed by atoms with Crippen LogP contribution in [0.2, 0.25) is 0 Å². The summed E-state index contributed by atoms with van der Waals surface area (Å²) < 4.78 is 10.8. The molecule has 0 aliphatic carbocycles. The van der Waals surface area contributed by atoms with Gasteiger partial charge in [0.1, 0.15) is 18.2 Å². The van der Waals surface area contributed by atoms with E-state index in [1.807, 2.05) is 13.8 Å². The van der Waals surface area contributed by atoms with Gasteiger partial charge < -0.3 is 9.47 Å². The van der Waals surface area contributed by atoms with Gasteiger partial charge in [-0.1, -0.05) is 13.8 Å². The minimum atomic E-state index is 0.286. The van der Waals surface area contributed by atoms with Crippen molar-refractivity contribution in [2.75, 3.05) is 19.8 Å². The van der Waals surface area contributed by atoms with E-state index >= 15 is 0 Å². The van der Waals surface area contributed by atoms with Gasteiger partial charge in [-0.2, -0.15) is 10.4 Å². The molecule has 18 heavy (non-hydrogen) atoms. The molecule has 1 rings (SSSR count). The van der Waals surface area contributed by atoms with Crippen LogP contribution in [0.3, 0.4) is 0 Å². The Morgan fingerprint density at radius 3 is 2.56 bits per heavy atom. The summed E-state index contributed by atoms with van der Waals surface area (Å²) in [4.78, 5) is 0. The molecule has 0 saturated heterocycles. The molecule has 0 amide bonds. The van der Waals surface area contributed by atoms with Crippen LogP contribution in [-0.2, 0) is 4.74 Å². The third-order valence-corrected chi connectivity index (χ3v) is 2.45. The molecule has 5 heteroatoms. The third-order valence-electron chi connectivity index (χ3n) is 2.45. The van der Waals surface area contributed by atoms with Crippen molar-refractivity contribution in [3.63, 3.8) is 0 Å². The number of ether oxygens (including phenoxy) is 2. The van der Waals surface area contributed by atoms with Crippen molar-refractivity contribution in [1.29, 1.82) is 5.26 Å². The Balaban J connectivity index is 2.53. The largest absolute Gasteiger partial charge is 0.473 e. The van der Waals surface area contributed by atoms with Crippen molar-refractivity contribution < 1.29 is 9.47 Å². The Kier molecular flexibility index (Phi) is 5.53. The fourth-order valence-corrected chi connectivity index (χ4v) is 1.34. The van der Waals surface area contributed by atoms with E-state index in [4.69, 9.17) is 14.7 Å². The first kappa shape index (κ1) is 14.4. The minimum Gasteiger partial charge on any atom is -0.473 e. The smallest absolute Gasteiger partial charge is 0.251 e. The van der Waals surface area contributed by atoms with E-state index < -0.39 is 0 Å². The molecule has 0 spiro atoms. The summed E-state index contributed by atoms with van der Waals surface area (Å²) in [5, 5.41) is 16.9. The molecule has 0 aliphatic heterocycles. The lowest BCUT2D eigenvalue weighted by Gasteiger charge is -2.10. The number of hydrogen-bond donors (Lipinski definition) is 0. The third kappa shape index (κ3) is 3.97. The summed E-state index contributed by atoms with van der Waals surface area (Å²) in [6.45, 7) is 9.39. The van der Waals surface area contributed by atoms with E-state index in [9.17, 15) is 0 Å². The number of nitrogens with zero attached hydrogens (tertiary/aromatic N) is 3. The zero-order chi connectivity index (χ0) is 13.5. The number of hydrogen-bond acceptors (Lipinski definition) is 5. The molecule has 0 unspecified atom stereocenters. The standard InChI is InChI=1S/C13H19N3O2/c1-9(2)8-17-5-6-18-13-12(7-14)10(3)11(4)15-16-13/h9H,5-6,8H2,1-4H3. The van der Waals surface area contributed by atoms with Crippen LogP contribution in [0.15, 0.2) is 0 Å². The van der Waals surface area contributed by atoms with Crippen LogP contribution in [-0.4, -0.2) is 30.0 Å². The minimum absolute atomic E-state index is 0.286. The lowest BCUT2D eigenvalue weighted by atomic mass is 10.1. The van der Waals surface area contributed by atoms with E-state index in [-0.39, 0.29) is 5.88 Å². The molecule has 0 saturated carbocycles. The van der Waals surface area contributed by atoms with Crippen LogP contribution in [0.25, 0.3) is 0 Å². The van der Waals surface area contributed by atoms with Crippen LogP contribution < -0.4 is 4.74 Å². The van der Waals surface area contributed by atoms with Crippen LogP contribution in [0, 0.1) is 31.1 Å². The van der Waals surface area contributed by atoms with E-state index in [1.54, 1.807) is 0 Å². The summed E-state index contributed by atoms with van der Waals surface area (Å²) in [6, 6.07) is 2.10. The van der Waals surface area contributed by atoms with Gasteiger partial charge in [0.25, 0.3) is 5.88 Å².